The Morgan fingerprint density at radius 3 is 2.60 bits per heavy atom. The van der Waals surface area contributed by atoms with E-state index in [1.54, 1.807) is 13.1 Å². The van der Waals surface area contributed by atoms with Gasteiger partial charge in [-0.15, -0.1) is 0 Å². The van der Waals surface area contributed by atoms with Crippen LogP contribution in [-0.2, 0) is 16.6 Å². The average molecular weight is 361 g/mol. The van der Waals surface area contributed by atoms with Gasteiger partial charge in [0.2, 0.25) is 10.0 Å². The second-order valence-corrected chi connectivity index (χ2v) is 8.11. The molecule has 1 fully saturated rings. The SMILES string of the molecule is CCN(C)S(=O)(=O)c1cc(CNC2CC2)cc(C)c1Br. The van der Waals surface area contributed by atoms with Gasteiger partial charge in [0.05, 0.1) is 4.90 Å². The molecule has 112 valence electrons. The van der Waals surface area contributed by atoms with Crippen molar-refractivity contribution in [2.24, 2.45) is 0 Å². The quantitative estimate of drug-likeness (QED) is 0.848. The van der Waals surface area contributed by atoms with Gasteiger partial charge in [-0.1, -0.05) is 13.0 Å². The molecule has 0 atom stereocenters. The highest BCUT2D eigenvalue weighted by Crippen LogP contribution is 2.29. The van der Waals surface area contributed by atoms with E-state index in [9.17, 15) is 8.42 Å². The predicted octanol–water partition coefficient (Wildman–Crippen LogP) is 2.65. The summed E-state index contributed by atoms with van der Waals surface area (Å²) >= 11 is 3.41. The van der Waals surface area contributed by atoms with Crippen LogP contribution in [0, 0.1) is 6.92 Å². The summed E-state index contributed by atoms with van der Waals surface area (Å²) in [6, 6.07) is 4.41. The summed E-state index contributed by atoms with van der Waals surface area (Å²) in [5, 5.41) is 3.42. The zero-order valence-corrected chi connectivity index (χ0v) is 14.5. The summed E-state index contributed by atoms with van der Waals surface area (Å²) in [5.41, 5.74) is 1.96. The summed E-state index contributed by atoms with van der Waals surface area (Å²) in [6.45, 7) is 4.93. The summed E-state index contributed by atoms with van der Waals surface area (Å²) in [6.07, 6.45) is 2.44. The summed E-state index contributed by atoms with van der Waals surface area (Å²) < 4.78 is 27.1. The van der Waals surface area contributed by atoms with Gasteiger partial charge in [-0.2, -0.15) is 0 Å². The topological polar surface area (TPSA) is 49.4 Å². The average Bonchev–Trinajstić information content (AvgIpc) is 3.22. The molecule has 20 heavy (non-hydrogen) atoms. The van der Waals surface area contributed by atoms with E-state index >= 15 is 0 Å². The monoisotopic (exact) mass is 360 g/mol. The molecule has 0 radical (unpaired) electrons. The fourth-order valence-electron chi connectivity index (χ4n) is 1.99. The highest BCUT2D eigenvalue weighted by Gasteiger charge is 2.25. The fraction of sp³-hybridized carbons (Fsp3) is 0.571. The maximum Gasteiger partial charge on any atom is 0.243 e. The van der Waals surface area contributed by atoms with Crippen molar-refractivity contribution < 1.29 is 8.42 Å². The lowest BCUT2D eigenvalue weighted by molar-refractivity contribution is 0.485. The van der Waals surface area contributed by atoms with Crippen LogP contribution >= 0.6 is 15.9 Å². The maximum atomic E-state index is 12.5. The molecule has 0 amide bonds. The van der Waals surface area contributed by atoms with E-state index in [0.717, 1.165) is 17.7 Å². The smallest absolute Gasteiger partial charge is 0.243 e. The lowest BCUT2D eigenvalue weighted by Crippen LogP contribution is -2.27. The van der Waals surface area contributed by atoms with Crippen molar-refractivity contribution in [2.75, 3.05) is 13.6 Å². The number of hydrogen-bond acceptors (Lipinski definition) is 3. The van der Waals surface area contributed by atoms with Gasteiger partial charge in [-0.25, -0.2) is 12.7 Å². The molecule has 6 heteroatoms. The van der Waals surface area contributed by atoms with E-state index in [4.69, 9.17) is 0 Å². The number of sulfonamides is 1. The molecule has 1 aliphatic rings. The Kier molecular flexibility index (Phi) is 4.89. The molecular weight excluding hydrogens is 340 g/mol. The lowest BCUT2D eigenvalue weighted by atomic mass is 10.1. The Balaban J connectivity index is 2.35. The summed E-state index contributed by atoms with van der Waals surface area (Å²) in [7, 11) is -1.83. The van der Waals surface area contributed by atoms with Gasteiger partial charge < -0.3 is 5.32 Å². The number of hydrogen-bond donors (Lipinski definition) is 1. The van der Waals surface area contributed by atoms with Gasteiger partial charge in [-0.05, 0) is 52.9 Å². The standard InChI is InChI=1S/C14H21BrN2O2S/c1-4-17(3)20(18,19)13-8-11(7-10(2)14(13)15)9-16-12-5-6-12/h7-8,12,16H,4-6,9H2,1-3H3. The molecule has 1 N–H and O–H groups in total. The van der Waals surface area contributed by atoms with Crippen molar-refractivity contribution in [1.82, 2.24) is 9.62 Å². The van der Waals surface area contributed by atoms with Gasteiger partial charge in [-0.3, -0.25) is 0 Å². The molecule has 1 aromatic carbocycles. The van der Waals surface area contributed by atoms with Crippen LogP contribution in [0.2, 0.25) is 0 Å². The number of halogens is 1. The molecule has 0 heterocycles. The van der Waals surface area contributed by atoms with Crippen LogP contribution < -0.4 is 5.32 Å². The molecule has 0 aromatic heterocycles. The lowest BCUT2D eigenvalue weighted by Gasteiger charge is -2.18. The third-order valence-electron chi connectivity index (χ3n) is 3.59. The van der Waals surface area contributed by atoms with Gasteiger partial charge in [0.1, 0.15) is 0 Å². The molecule has 0 bridgehead atoms. The Bertz CT molecular complexity index is 597. The molecule has 0 spiro atoms. The van der Waals surface area contributed by atoms with Gasteiger partial charge >= 0.3 is 0 Å². The molecular formula is C14H21BrN2O2S. The highest BCUT2D eigenvalue weighted by molar-refractivity contribution is 9.10. The van der Waals surface area contributed by atoms with Crippen molar-refractivity contribution in [2.45, 2.75) is 44.2 Å². The van der Waals surface area contributed by atoms with Gasteiger partial charge in [0.25, 0.3) is 0 Å². The zero-order chi connectivity index (χ0) is 14.9. The molecule has 2 rings (SSSR count). The first kappa shape index (κ1) is 15.9. The Labute approximate surface area is 129 Å². The summed E-state index contributed by atoms with van der Waals surface area (Å²) in [4.78, 5) is 0.356. The van der Waals surface area contributed by atoms with E-state index in [1.807, 2.05) is 19.9 Å². The fourth-order valence-corrected chi connectivity index (χ4v) is 4.19. The van der Waals surface area contributed by atoms with E-state index < -0.39 is 10.0 Å². The largest absolute Gasteiger partial charge is 0.310 e. The molecule has 1 aliphatic carbocycles. The third kappa shape index (κ3) is 3.42. The van der Waals surface area contributed by atoms with Gasteiger partial charge in [0, 0.05) is 30.7 Å². The number of aryl methyl sites for hydroxylation is 1. The van der Waals surface area contributed by atoms with E-state index in [1.165, 1.54) is 17.1 Å². The highest BCUT2D eigenvalue weighted by atomic mass is 79.9. The van der Waals surface area contributed by atoms with Crippen molar-refractivity contribution in [3.8, 4) is 0 Å². The second kappa shape index (κ2) is 6.13. The van der Waals surface area contributed by atoms with Crippen LogP contribution in [-0.4, -0.2) is 32.4 Å². The first-order valence-electron chi connectivity index (χ1n) is 6.85. The van der Waals surface area contributed by atoms with Gasteiger partial charge in [0.15, 0.2) is 0 Å². The Morgan fingerprint density at radius 2 is 2.05 bits per heavy atom. The molecule has 0 aliphatic heterocycles. The number of nitrogens with one attached hydrogen (secondary N) is 1. The Hall–Kier alpha value is -0.430. The van der Waals surface area contributed by atoms with Crippen LogP contribution in [0.3, 0.4) is 0 Å². The van der Waals surface area contributed by atoms with Crippen molar-refractivity contribution in [3.05, 3.63) is 27.7 Å². The zero-order valence-electron chi connectivity index (χ0n) is 12.1. The van der Waals surface area contributed by atoms with E-state index in [-0.39, 0.29) is 0 Å². The normalized spacial score (nSPS) is 15.8. The van der Waals surface area contributed by atoms with E-state index in [0.29, 0.717) is 22.0 Å². The molecule has 4 nitrogen and oxygen atoms in total. The minimum absolute atomic E-state index is 0.356. The van der Waals surface area contributed by atoms with Crippen LogP contribution in [0.4, 0.5) is 0 Å². The van der Waals surface area contributed by atoms with Crippen LogP contribution in [0.5, 0.6) is 0 Å². The minimum atomic E-state index is -3.43. The number of benzene rings is 1. The van der Waals surface area contributed by atoms with E-state index in [2.05, 4.69) is 21.2 Å². The maximum absolute atomic E-state index is 12.5. The van der Waals surface area contributed by atoms with Crippen molar-refractivity contribution in [3.63, 3.8) is 0 Å². The molecule has 0 saturated heterocycles. The molecule has 1 saturated carbocycles. The second-order valence-electron chi connectivity index (χ2n) is 5.30. The third-order valence-corrected chi connectivity index (χ3v) is 6.86. The van der Waals surface area contributed by atoms with Crippen molar-refractivity contribution in [1.29, 1.82) is 0 Å². The van der Waals surface area contributed by atoms with Crippen LogP contribution in [0.1, 0.15) is 30.9 Å². The predicted molar refractivity (Wildman–Crippen MR) is 84.2 cm³/mol. The van der Waals surface area contributed by atoms with Crippen molar-refractivity contribution >= 4 is 26.0 Å². The first-order valence-corrected chi connectivity index (χ1v) is 9.08. The number of nitrogens with zero attached hydrogens (tertiary/aromatic N) is 1. The Morgan fingerprint density at radius 1 is 1.40 bits per heavy atom. The minimum Gasteiger partial charge on any atom is -0.310 e. The van der Waals surface area contributed by atoms with Crippen LogP contribution in [0.25, 0.3) is 0 Å². The summed E-state index contributed by atoms with van der Waals surface area (Å²) in [5.74, 6) is 0. The number of rotatable bonds is 6. The molecule has 0 unspecified atom stereocenters. The van der Waals surface area contributed by atoms with Crippen LogP contribution in [0.15, 0.2) is 21.5 Å². The first-order chi connectivity index (χ1) is 9.36. The molecule has 1 aromatic rings.